The van der Waals surface area contributed by atoms with E-state index in [4.69, 9.17) is 16.0 Å². The van der Waals surface area contributed by atoms with Gasteiger partial charge in [-0.2, -0.15) is 0 Å². The average Bonchev–Trinajstić information content (AvgIpc) is 3.42. The fraction of sp³-hybridized carbons (Fsp3) is 0.167. The summed E-state index contributed by atoms with van der Waals surface area (Å²) in [5, 5.41) is 3.15. The third kappa shape index (κ3) is 4.79. The number of hydrogen-bond donors (Lipinski definition) is 1. The molecule has 10 heteroatoms. The van der Waals surface area contributed by atoms with Crippen LogP contribution in [0.25, 0.3) is 0 Å². The quantitative estimate of drug-likeness (QED) is 0.402. The molecule has 2 heterocycles. The molecule has 1 atom stereocenters. The molecule has 34 heavy (non-hydrogen) atoms. The highest BCUT2D eigenvalue weighted by Crippen LogP contribution is 2.29. The van der Waals surface area contributed by atoms with E-state index in [0.29, 0.717) is 27.7 Å². The van der Waals surface area contributed by atoms with Crippen molar-refractivity contribution in [3.63, 3.8) is 0 Å². The molecule has 0 aliphatic carbocycles. The van der Waals surface area contributed by atoms with E-state index < -0.39 is 29.9 Å². The molecule has 0 spiro atoms. The number of carbonyl (C=O) groups is 4. The predicted molar refractivity (Wildman–Crippen MR) is 123 cm³/mol. The molecule has 1 N–H and O–H groups in total. The maximum absolute atomic E-state index is 13.2. The van der Waals surface area contributed by atoms with Crippen LogP contribution in [-0.4, -0.2) is 41.9 Å². The van der Waals surface area contributed by atoms with Gasteiger partial charge in [0.05, 0.1) is 37.6 Å². The third-order valence-electron chi connectivity index (χ3n) is 5.28. The minimum absolute atomic E-state index is 0.0213. The molecule has 1 aromatic heterocycles. The Hall–Kier alpha value is -4.11. The van der Waals surface area contributed by atoms with Crippen LogP contribution < -0.4 is 10.2 Å². The second-order valence-corrected chi connectivity index (χ2v) is 7.91. The number of amides is 4. The predicted octanol–water partition coefficient (Wildman–Crippen LogP) is 4.09. The lowest BCUT2D eigenvalue weighted by molar-refractivity contribution is -0.124. The summed E-state index contributed by atoms with van der Waals surface area (Å²) in [7, 11) is 1.28. The van der Waals surface area contributed by atoms with Crippen LogP contribution in [-0.2, 0) is 20.9 Å². The van der Waals surface area contributed by atoms with E-state index in [1.54, 1.807) is 48.5 Å². The van der Waals surface area contributed by atoms with Gasteiger partial charge in [-0.1, -0.05) is 11.6 Å². The highest BCUT2D eigenvalue weighted by Gasteiger charge is 2.47. The summed E-state index contributed by atoms with van der Waals surface area (Å²) in [6.07, 6.45) is 1.20. The lowest BCUT2D eigenvalue weighted by atomic mass is 10.1. The Kier molecular flexibility index (Phi) is 6.65. The lowest BCUT2D eigenvalue weighted by Crippen LogP contribution is -2.37. The fourth-order valence-electron chi connectivity index (χ4n) is 3.61. The number of ether oxygens (including phenoxy) is 1. The molecule has 174 valence electrons. The first-order valence-corrected chi connectivity index (χ1v) is 10.7. The van der Waals surface area contributed by atoms with E-state index in [0.717, 1.165) is 4.90 Å². The van der Waals surface area contributed by atoms with E-state index in [-0.39, 0.29) is 13.0 Å². The van der Waals surface area contributed by atoms with Crippen molar-refractivity contribution in [2.24, 2.45) is 0 Å². The van der Waals surface area contributed by atoms with Crippen LogP contribution in [0.5, 0.6) is 0 Å². The molecule has 0 radical (unpaired) electrons. The van der Waals surface area contributed by atoms with Crippen LogP contribution in [0.1, 0.15) is 22.5 Å². The van der Waals surface area contributed by atoms with Gasteiger partial charge >= 0.3 is 12.0 Å². The maximum atomic E-state index is 13.2. The number of imide groups is 1. The summed E-state index contributed by atoms with van der Waals surface area (Å²) in [6.45, 7) is 0.0213. The smallest absolute Gasteiger partial charge is 0.337 e. The molecule has 0 saturated carbocycles. The summed E-state index contributed by atoms with van der Waals surface area (Å²) >= 11 is 5.93. The number of methoxy groups -OCH3 is 1. The van der Waals surface area contributed by atoms with Crippen molar-refractivity contribution in [2.45, 2.75) is 19.0 Å². The van der Waals surface area contributed by atoms with Crippen LogP contribution in [0.2, 0.25) is 5.02 Å². The molecule has 1 fully saturated rings. The Bertz CT molecular complexity index is 1210. The fourth-order valence-corrected chi connectivity index (χ4v) is 3.73. The van der Waals surface area contributed by atoms with Gasteiger partial charge in [-0.25, -0.2) is 14.5 Å². The molecule has 4 rings (SSSR count). The normalized spacial score (nSPS) is 15.5. The third-order valence-corrected chi connectivity index (χ3v) is 5.53. The molecule has 9 nitrogen and oxygen atoms in total. The summed E-state index contributed by atoms with van der Waals surface area (Å²) in [4.78, 5) is 53.1. The molecular weight excluding hydrogens is 462 g/mol. The molecule has 2 aromatic carbocycles. The highest BCUT2D eigenvalue weighted by atomic mass is 35.5. The molecule has 0 unspecified atom stereocenters. The lowest BCUT2D eigenvalue weighted by Gasteiger charge is -2.20. The van der Waals surface area contributed by atoms with Gasteiger partial charge in [-0.05, 0) is 60.7 Å². The van der Waals surface area contributed by atoms with E-state index in [2.05, 4.69) is 10.1 Å². The number of anilines is 2. The molecule has 1 aliphatic heterocycles. The van der Waals surface area contributed by atoms with Gasteiger partial charge in [-0.15, -0.1) is 0 Å². The topological polar surface area (TPSA) is 109 Å². The SMILES string of the molecule is COC(=O)c1ccc(NC(=O)C[C@@H]2C(=O)N(c3ccc(Cl)cc3)C(=O)N2Cc2ccco2)cc1. The molecule has 4 amide bonds. The van der Waals surface area contributed by atoms with Gasteiger partial charge in [0.15, 0.2) is 0 Å². The Morgan fingerprint density at radius 3 is 2.38 bits per heavy atom. The first-order chi connectivity index (χ1) is 16.4. The van der Waals surface area contributed by atoms with Crippen molar-refractivity contribution in [2.75, 3.05) is 17.3 Å². The minimum Gasteiger partial charge on any atom is -0.467 e. The van der Waals surface area contributed by atoms with E-state index in [9.17, 15) is 19.2 Å². The van der Waals surface area contributed by atoms with Crippen molar-refractivity contribution < 1.29 is 28.3 Å². The standard InChI is InChI=1S/C24H20ClN3O6/c1-33-23(31)15-4-8-17(9-5-15)26-21(29)13-20-22(30)28(18-10-6-16(25)7-11-18)24(32)27(20)14-19-3-2-12-34-19/h2-12,20H,13-14H2,1H3,(H,26,29)/t20-/m1/s1. The molecule has 1 aliphatic rings. The van der Waals surface area contributed by atoms with E-state index in [1.165, 1.54) is 30.4 Å². The van der Waals surface area contributed by atoms with Gasteiger partial charge in [-0.3, -0.25) is 9.59 Å². The van der Waals surface area contributed by atoms with Gasteiger partial charge in [0, 0.05) is 10.7 Å². The number of nitrogens with zero attached hydrogens (tertiary/aromatic N) is 2. The summed E-state index contributed by atoms with van der Waals surface area (Å²) < 4.78 is 10.00. The van der Waals surface area contributed by atoms with Crippen molar-refractivity contribution in [3.8, 4) is 0 Å². The van der Waals surface area contributed by atoms with Crippen LogP contribution >= 0.6 is 11.6 Å². The maximum Gasteiger partial charge on any atom is 0.337 e. The Morgan fingerprint density at radius 1 is 1.06 bits per heavy atom. The van der Waals surface area contributed by atoms with Crippen LogP contribution in [0.4, 0.5) is 16.2 Å². The largest absolute Gasteiger partial charge is 0.467 e. The van der Waals surface area contributed by atoms with Crippen LogP contribution in [0.15, 0.2) is 71.3 Å². The molecular formula is C24H20ClN3O6. The average molecular weight is 482 g/mol. The zero-order valence-corrected chi connectivity index (χ0v) is 18.8. The zero-order chi connectivity index (χ0) is 24.2. The number of benzene rings is 2. The van der Waals surface area contributed by atoms with Crippen molar-refractivity contribution >= 4 is 46.8 Å². The molecule has 1 saturated heterocycles. The van der Waals surface area contributed by atoms with Crippen LogP contribution in [0, 0.1) is 0 Å². The number of rotatable bonds is 7. The summed E-state index contributed by atoms with van der Waals surface area (Å²) in [5.74, 6) is -1.03. The van der Waals surface area contributed by atoms with E-state index in [1.807, 2.05) is 0 Å². The zero-order valence-electron chi connectivity index (χ0n) is 18.1. The highest BCUT2D eigenvalue weighted by molar-refractivity contribution is 6.30. The van der Waals surface area contributed by atoms with Crippen molar-refractivity contribution in [1.29, 1.82) is 0 Å². The van der Waals surface area contributed by atoms with Gasteiger partial charge < -0.3 is 19.4 Å². The Morgan fingerprint density at radius 2 is 1.76 bits per heavy atom. The molecule has 0 bridgehead atoms. The number of hydrogen-bond acceptors (Lipinski definition) is 6. The number of urea groups is 1. The van der Waals surface area contributed by atoms with Crippen LogP contribution in [0.3, 0.4) is 0 Å². The summed E-state index contributed by atoms with van der Waals surface area (Å²) in [5.41, 5.74) is 1.12. The van der Waals surface area contributed by atoms with Crippen molar-refractivity contribution in [3.05, 3.63) is 83.3 Å². The van der Waals surface area contributed by atoms with Gasteiger partial charge in [0.2, 0.25) is 5.91 Å². The second-order valence-electron chi connectivity index (χ2n) is 7.48. The Labute approximate surface area is 199 Å². The number of carbonyl (C=O) groups excluding carboxylic acids is 4. The number of furan rings is 1. The van der Waals surface area contributed by atoms with Gasteiger partial charge in [0.25, 0.3) is 5.91 Å². The van der Waals surface area contributed by atoms with E-state index >= 15 is 0 Å². The second kappa shape index (κ2) is 9.80. The summed E-state index contributed by atoms with van der Waals surface area (Å²) in [6, 6.07) is 14.2. The number of halogens is 1. The first-order valence-electron chi connectivity index (χ1n) is 10.3. The monoisotopic (exact) mass is 481 g/mol. The Balaban J connectivity index is 1.53. The minimum atomic E-state index is -1.04. The first kappa shape index (κ1) is 23.1. The number of nitrogens with one attached hydrogen (secondary N) is 1. The van der Waals surface area contributed by atoms with Crippen molar-refractivity contribution in [1.82, 2.24) is 4.90 Å². The molecule has 3 aromatic rings. The number of esters is 1. The van der Waals surface area contributed by atoms with Gasteiger partial charge in [0.1, 0.15) is 11.8 Å².